The van der Waals surface area contributed by atoms with Crippen molar-refractivity contribution >= 4 is 0 Å². The molecule has 1 fully saturated rings. The average molecular weight is 256 g/mol. The van der Waals surface area contributed by atoms with E-state index in [1.54, 1.807) is 7.11 Å². The molecule has 1 saturated carbocycles. The van der Waals surface area contributed by atoms with E-state index in [1.807, 2.05) is 0 Å². The summed E-state index contributed by atoms with van der Waals surface area (Å²) in [7, 11) is 4.02. The molecular weight excluding hydrogens is 224 g/mol. The molecule has 0 amide bonds. The van der Waals surface area contributed by atoms with Crippen molar-refractivity contribution in [3.63, 3.8) is 0 Å². The van der Waals surface area contributed by atoms with Crippen LogP contribution in [0.25, 0.3) is 0 Å². The van der Waals surface area contributed by atoms with E-state index in [2.05, 4.69) is 31.1 Å². The summed E-state index contributed by atoms with van der Waals surface area (Å²) in [4.78, 5) is 2.46. The van der Waals surface area contributed by atoms with Crippen LogP contribution in [0.3, 0.4) is 0 Å². The highest BCUT2D eigenvalue weighted by atomic mass is 16.5. The van der Waals surface area contributed by atoms with Crippen molar-refractivity contribution in [3.05, 3.63) is 0 Å². The van der Waals surface area contributed by atoms with Gasteiger partial charge in [0, 0.05) is 39.4 Å². The van der Waals surface area contributed by atoms with Crippen molar-refractivity contribution in [2.75, 3.05) is 40.4 Å². The van der Waals surface area contributed by atoms with Gasteiger partial charge in [0.2, 0.25) is 0 Å². The molecule has 0 aromatic rings. The fraction of sp³-hybridized carbons (Fsp3) is 1.00. The van der Waals surface area contributed by atoms with Crippen LogP contribution in [0.4, 0.5) is 0 Å². The second-order valence-corrected chi connectivity index (χ2v) is 6.30. The Balaban J connectivity index is 2.28. The van der Waals surface area contributed by atoms with Gasteiger partial charge in [0.25, 0.3) is 0 Å². The largest absolute Gasteiger partial charge is 0.385 e. The molecule has 18 heavy (non-hydrogen) atoms. The SMILES string of the molecule is CCCC(C)(CNC1CC1)CN(C)CCCOC. The third kappa shape index (κ3) is 6.72. The van der Waals surface area contributed by atoms with Crippen molar-refractivity contribution in [2.24, 2.45) is 5.41 Å². The first-order chi connectivity index (χ1) is 8.59. The van der Waals surface area contributed by atoms with Gasteiger partial charge in [-0.05, 0) is 38.1 Å². The lowest BCUT2D eigenvalue weighted by Crippen LogP contribution is -2.42. The lowest BCUT2D eigenvalue weighted by molar-refractivity contribution is 0.146. The minimum atomic E-state index is 0.416. The van der Waals surface area contributed by atoms with Crippen LogP contribution in [-0.2, 0) is 4.74 Å². The van der Waals surface area contributed by atoms with Crippen LogP contribution in [0.5, 0.6) is 0 Å². The number of methoxy groups -OCH3 is 1. The number of nitrogens with zero attached hydrogens (tertiary/aromatic N) is 1. The van der Waals surface area contributed by atoms with Crippen molar-refractivity contribution in [3.8, 4) is 0 Å². The van der Waals surface area contributed by atoms with E-state index in [4.69, 9.17) is 4.74 Å². The molecular formula is C15H32N2O. The fourth-order valence-corrected chi connectivity index (χ4v) is 2.71. The zero-order valence-corrected chi connectivity index (χ0v) is 12.8. The Morgan fingerprint density at radius 1 is 1.39 bits per heavy atom. The summed E-state index contributed by atoms with van der Waals surface area (Å²) in [6.07, 6.45) is 6.47. The molecule has 108 valence electrons. The number of ether oxygens (including phenoxy) is 1. The molecule has 1 rings (SSSR count). The Morgan fingerprint density at radius 2 is 2.11 bits per heavy atom. The first-order valence-electron chi connectivity index (χ1n) is 7.50. The minimum absolute atomic E-state index is 0.416. The van der Waals surface area contributed by atoms with Crippen LogP contribution in [0, 0.1) is 5.41 Å². The van der Waals surface area contributed by atoms with E-state index in [1.165, 1.54) is 38.8 Å². The molecule has 3 nitrogen and oxygen atoms in total. The van der Waals surface area contributed by atoms with E-state index in [-0.39, 0.29) is 0 Å². The zero-order chi connectivity index (χ0) is 13.4. The van der Waals surface area contributed by atoms with Gasteiger partial charge >= 0.3 is 0 Å². The topological polar surface area (TPSA) is 24.5 Å². The molecule has 0 bridgehead atoms. The third-order valence-corrected chi connectivity index (χ3v) is 3.79. The van der Waals surface area contributed by atoms with Gasteiger partial charge in [-0.15, -0.1) is 0 Å². The van der Waals surface area contributed by atoms with Gasteiger partial charge in [0.15, 0.2) is 0 Å². The average Bonchev–Trinajstić information content (AvgIpc) is 3.11. The lowest BCUT2D eigenvalue weighted by atomic mass is 9.84. The summed E-state index contributed by atoms with van der Waals surface area (Å²) in [5, 5.41) is 3.70. The van der Waals surface area contributed by atoms with Gasteiger partial charge in [-0.2, -0.15) is 0 Å². The summed E-state index contributed by atoms with van der Waals surface area (Å²) in [5.74, 6) is 0. The Bertz CT molecular complexity index is 219. The predicted octanol–water partition coefficient (Wildman–Crippen LogP) is 2.51. The molecule has 0 aliphatic heterocycles. The highest BCUT2D eigenvalue weighted by Gasteiger charge is 2.28. The first-order valence-corrected chi connectivity index (χ1v) is 7.50. The van der Waals surface area contributed by atoms with E-state index >= 15 is 0 Å². The Labute approximate surface area is 113 Å². The molecule has 0 aromatic carbocycles. The van der Waals surface area contributed by atoms with Gasteiger partial charge in [0.1, 0.15) is 0 Å². The summed E-state index contributed by atoms with van der Waals surface area (Å²) < 4.78 is 5.12. The second kappa shape index (κ2) is 8.13. The van der Waals surface area contributed by atoms with Crippen molar-refractivity contribution in [1.29, 1.82) is 0 Å². The van der Waals surface area contributed by atoms with Crippen molar-refractivity contribution in [1.82, 2.24) is 10.2 Å². The molecule has 1 N–H and O–H groups in total. The molecule has 3 heteroatoms. The van der Waals surface area contributed by atoms with Gasteiger partial charge in [-0.3, -0.25) is 0 Å². The fourth-order valence-electron chi connectivity index (χ4n) is 2.71. The van der Waals surface area contributed by atoms with Crippen LogP contribution < -0.4 is 5.32 Å². The third-order valence-electron chi connectivity index (χ3n) is 3.79. The van der Waals surface area contributed by atoms with Crippen LogP contribution in [0.15, 0.2) is 0 Å². The minimum Gasteiger partial charge on any atom is -0.385 e. The summed E-state index contributed by atoms with van der Waals surface area (Å²) in [6.45, 7) is 9.08. The number of hydrogen-bond donors (Lipinski definition) is 1. The maximum absolute atomic E-state index is 5.12. The summed E-state index contributed by atoms with van der Waals surface area (Å²) in [6, 6.07) is 0.819. The number of nitrogens with one attached hydrogen (secondary N) is 1. The molecule has 0 aromatic heterocycles. The van der Waals surface area contributed by atoms with E-state index in [0.29, 0.717) is 5.41 Å². The van der Waals surface area contributed by atoms with Gasteiger partial charge in [-0.1, -0.05) is 20.3 Å². The highest BCUT2D eigenvalue weighted by Crippen LogP contribution is 2.26. The Hall–Kier alpha value is -0.120. The second-order valence-electron chi connectivity index (χ2n) is 6.30. The van der Waals surface area contributed by atoms with Crippen molar-refractivity contribution in [2.45, 2.75) is 52.0 Å². The van der Waals surface area contributed by atoms with Crippen LogP contribution in [0.2, 0.25) is 0 Å². The molecule has 0 spiro atoms. The molecule has 1 unspecified atom stereocenters. The molecule has 0 heterocycles. The van der Waals surface area contributed by atoms with Crippen molar-refractivity contribution < 1.29 is 4.74 Å². The molecule has 1 atom stereocenters. The van der Waals surface area contributed by atoms with Gasteiger partial charge < -0.3 is 15.0 Å². The Morgan fingerprint density at radius 3 is 2.67 bits per heavy atom. The maximum Gasteiger partial charge on any atom is 0.0474 e. The lowest BCUT2D eigenvalue weighted by Gasteiger charge is -2.34. The normalized spacial score (nSPS) is 19.2. The highest BCUT2D eigenvalue weighted by molar-refractivity contribution is 4.86. The smallest absolute Gasteiger partial charge is 0.0474 e. The monoisotopic (exact) mass is 256 g/mol. The van der Waals surface area contributed by atoms with E-state index in [9.17, 15) is 0 Å². The summed E-state index contributed by atoms with van der Waals surface area (Å²) >= 11 is 0. The van der Waals surface area contributed by atoms with E-state index in [0.717, 1.165) is 25.6 Å². The predicted molar refractivity (Wildman–Crippen MR) is 78.0 cm³/mol. The van der Waals surface area contributed by atoms with Crippen LogP contribution in [0.1, 0.15) is 46.0 Å². The van der Waals surface area contributed by atoms with Gasteiger partial charge in [0.05, 0.1) is 0 Å². The zero-order valence-electron chi connectivity index (χ0n) is 12.8. The first kappa shape index (κ1) is 15.9. The molecule has 0 saturated heterocycles. The molecule has 0 radical (unpaired) electrons. The quantitative estimate of drug-likeness (QED) is 0.575. The van der Waals surface area contributed by atoms with Crippen LogP contribution in [-0.4, -0.2) is 51.3 Å². The molecule has 1 aliphatic carbocycles. The maximum atomic E-state index is 5.12. The number of rotatable bonds is 11. The Kier molecular flexibility index (Phi) is 7.20. The summed E-state index contributed by atoms with van der Waals surface area (Å²) in [5.41, 5.74) is 0.416. The number of hydrogen-bond acceptors (Lipinski definition) is 3. The standard InChI is InChI=1S/C15H32N2O/c1-5-9-15(2,12-16-14-7-8-14)13-17(3)10-6-11-18-4/h14,16H,5-13H2,1-4H3. The van der Waals surface area contributed by atoms with Crippen LogP contribution >= 0.6 is 0 Å². The van der Waals surface area contributed by atoms with Gasteiger partial charge in [-0.25, -0.2) is 0 Å². The molecule has 1 aliphatic rings. The van der Waals surface area contributed by atoms with E-state index < -0.39 is 0 Å².